The lowest BCUT2D eigenvalue weighted by molar-refractivity contribution is -0.133. The second-order valence-electron chi connectivity index (χ2n) is 20.1. The van der Waals surface area contributed by atoms with Crippen LogP contribution in [0.1, 0.15) is 91.7 Å². The van der Waals surface area contributed by atoms with Gasteiger partial charge >= 0.3 is 18.5 Å². The number of thiophene rings is 3. The van der Waals surface area contributed by atoms with E-state index in [0.29, 0.717) is 91.7 Å². The van der Waals surface area contributed by atoms with Gasteiger partial charge in [-0.3, -0.25) is 14.4 Å². The topological polar surface area (TPSA) is 147 Å². The van der Waals surface area contributed by atoms with Crippen LogP contribution in [0.4, 0.5) is 57.1 Å². The molecule has 3 spiro atoms. The molecule has 0 bridgehead atoms. The Kier molecular flexibility index (Phi) is 16.6. The van der Waals surface area contributed by atoms with Crippen molar-refractivity contribution in [2.24, 2.45) is 16.2 Å². The van der Waals surface area contributed by atoms with E-state index in [1.165, 1.54) is 37.8 Å². The molecule has 6 fully saturated rings. The number of nitrogens with zero attached hydrogens (tertiary/aromatic N) is 8. The molecule has 0 amide bonds. The van der Waals surface area contributed by atoms with E-state index in [2.05, 4.69) is 40.1 Å². The lowest BCUT2D eigenvalue weighted by Crippen LogP contribution is -2.40. The van der Waals surface area contributed by atoms with Gasteiger partial charge in [0, 0.05) is 103 Å². The van der Waals surface area contributed by atoms with Crippen LogP contribution in [0.15, 0.2) is 18.2 Å². The largest absolute Gasteiger partial charge is 0.393 e. The van der Waals surface area contributed by atoms with Gasteiger partial charge in [0.15, 0.2) is 0 Å². The maximum Gasteiger partial charge on any atom is 0.393 e. The van der Waals surface area contributed by atoms with E-state index < -0.39 is 37.8 Å². The number of aromatic nitrogens is 6. The SMILES string of the molecule is CNc1nc(N2CCC3(CC(=O)C3)C2)c2cc(CC(F)(F)F)sc2n1.Cl.FC(F)(F)Cc1cc2c(Cl)nc(Cl)nc2s1.O=C1CC2(CCCC2)C1.O=C1CC2(CCN(c3nc(Cl)nc4sc(CC(F)(F)F)cc34)C2)C1. The van der Waals surface area contributed by atoms with Crippen molar-refractivity contribution in [2.75, 3.05) is 48.3 Å². The molecule has 0 unspecified atom stereocenters. The third-order valence-electron chi connectivity index (χ3n) is 14.1. The number of fused-ring (bicyclic) bond motifs is 3. The molecule has 4 saturated carbocycles. The molecule has 8 heterocycles. The van der Waals surface area contributed by atoms with Crippen LogP contribution in [0.2, 0.25) is 15.7 Å². The summed E-state index contributed by atoms with van der Waals surface area (Å²) in [4.78, 5) is 64.0. The molecule has 1 N–H and O–H groups in total. The highest BCUT2D eigenvalue weighted by Crippen LogP contribution is 2.52. The zero-order chi connectivity index (χ0) is 53.2. The number of ketones is 3. The van der Waals surface area contributed by atoms with Gasteiger partial charge in [0.1, 0.15) is 48.6 Å². The number of nitrogens with one attached hydrogen (secondary N) is 1. The fraction of sp³-hybridized carbons (Fsp3) is 0.553. The van der Waals surface area contributed by atoms with Gasteiger partial charge in [-0.25, -0.2) is 19.9 Å². The monoisotopic (exact) mass is 1190 g/mol. The van der Waals surface area contributed by atoms with E-state index >= 15 is 0 Å². The van der Waals surface area contributed by atoms with Crippen molar-refractivity contribution in [1.29, 1.82) is 0 Å². The van der Waals surface area contributed by atoms with Gasteiger partial charge in [-0.05, 0) is 72.5 Å². The number of hydrogen-bond donors (Lipinski definition) is 1. The summed E-state index contributed by atoms with van der Waals surface area (Å²) < 4.78 is 113. The summed E-state index contributed by atoms with van der Waals surface area (Å²) in [6, 6.07) is 4.40. The molecule has 12 nitrogen and oxygen atoms in total. The van der Waals surface area contributed by atoms with Crippen molar-refractivity contribution in [3.05, 3.63) is 48.6 Å². The third kappa shape index (κ3) is 13.7. The minimum absolute atomic E-state index is 0. The van der Waals surface area contributed by atoms with E-state index in [1.807, 2.05) is 4.90 Å². The predicted molar refractivity (Wildman–Crippen MR) is 275 cm³/mol. The summed E-state index contributed by atoms with van der Waals surface area (Å²) in [5.74, 6) is 2.69. The van der Waals surface area contributed by atoms with Crippen LogP contribution in [-0.2, 0) is 33.6 Å². The molecule has 4 aliphatic carbocycles. The number of alkyl halides is 9. The summed E-state index contributed by atoms with van der Waals surface area (Å²) >= 11 is 20.2. The van der Waals surface area contributed by atoms with Gasteiger partial charge in [0.05, 0.1) is 30.0 Å². The van der Waals surface area contributed by atoms with Gasteiger partial charge in [-0.1, -0.05) is 24.4 Å². The van der Waals surface area contributed by atoms with Gasteiger partial charge in [0.2, 0.25) is 16.5 Å². The summed E-state index contributed by atoms with van der Waals surface area (Å²) in [7, 11) is 1.69. The lowest BCUT2D eigenvalue weighted by Gasteiger charge is -2.36. The molecule has 0 aromatic carbocycles. The first-order valence-corrected chi connectivity index (χ1v) is 27.1. The average Bonchev–Trinajstić information content (AvgIpc) is 4.12. The molecule has 0 radical (unpaired) electrons. The normalized spacial score (nSPS) is 19.3. The van der Waals surface area contributed by atoms with Crippen molar-refractivity contribution in [2.45, 2.75) is 115 Å². The zero-order valence-electron chi connectivity index (χ0n) is 39.6. The Hall–Kier alpha value is -3.94. The van der Waals surface area contributed by atoms with Gasteiger partial charge in [-0.2, -0.15) is 49.5 Å². The Morgan fingerprint density at radius 3 is 1.32 bits per heavy atom. The summed E-state index contributed by atoms with van der Waals surface area (Å²) in [5.41, 5.74) is 0.571. The Bertz CT molecular complexity index is 3120. The molecule has 0 atom stereocenters. The molecule has 2 saturated heterocycles. The fourth-order valence-corrected chi connectivity index (χ4v) is 14.8. The third-order valence-corrected chi connectivity index (χ3v) is 17.8. The van der Waals surface area contributed by atoms with E-state index in [1.54, 1.807) is 13.1 Å². The highest BCUT2D eigenvalue weighted by molar-refractivity contribution is 7.19. The minimum Gasteiger partial charge on any atom is -0.357 e. The number of carbonyl (C=O) groups excluding carboxylic acids is 3. The molecule has 6 aromatic rings. The highest BCUT2D eigenvalue weighted by atomic mass is 35.5. The highest BCUT2D eigenvalue weighted by Gasteiger charge is 2.50. The van der Waals surface area contributed by atoms with Crippen LogP contribution < -0.4 is 15.1 Å². The molecule has 406 valence electrons. The first-order chi connectivity index (χ1) is 34.7. The Morgan fingerprint density at radius 2 is 0.907 bits per heavy atom. The number of carbonyl (C=O) groups is 3. The Labute approximate surface area is 456 Å². The van der Waals surface area contributed by atoms with Crippen molar-refractivity contribution in [1.82, 2.24) is 29.9 Å². The van der Waals surface area contributed by atoms with E-state index in [-0.39, 0.29) is 65.2 Å². The zero-order valence-corrected chi connectivity index (χ0v) is 45.2. The molecule has 6 aliphatic rings. The van der Waals surface area contributed by atoms with Crippen LogP contribution in [0.3, 0.4) is 0 Å². The molecule has 28 heteroatoms. The van der Waals surface area contributed by atoms with Crippen LogP contribution in [-0.4, -0.2) is 99.0 Å². The Morgan fingerprint density at radius 1 is 0.533 bits per heavy atom. The number of halogens is 13. The summed E-state index contributed by atoms with van der Waals surface area (Å²) in [5, 5.41) is 4.57. The minimum atomic E-state index is -4.26. The van der Waals surface area contributed by atoms with Crippen molar-refractivity contribution >= 4 is 147 Å². The molecule has 75 heavy (non-hydrogen) atoms. The maximum atomic E-state index is 12.7. The van der Waals surface area contributed by atoms with E-state index in [4.69, 9.17) is 34.8 Å². The van der Waals surface area contributed by atoms with Crippen LogP contribution in [0.25, 0.3) is 30.6 Å². The molecular formula is C47H46Cl4F9N9O3S3. The molecule has 2 aliphatic heterocycles. The first kappa shape index (κ1) is 57.2. The predicted octanol–water partition coefficient (Wildman–Crippen LogP) is 13.8. The van der Waals surface area contributed by atoms with E-state index in [9.17, 15) is 53.9 Å². The molecular weight excluding hydrogens is 1150 g/mol. The summed E-state index contributed by atoms with van der Waals surface area (Å²) in [6.07, 6.45) is -4.32. The fourth-order valence-electron chi connectivity index (χ4n) is 10.9. The molecule has 12 rings (SSSR count). The quantitative estimate of drug-likeness (QED) is 0.0962. The van der Waals surface area contributed by atoms with Crippen molar-refractivity contribution < 1.29 is 53.9 Å². The van der Waals surface area contributed by atoms with Gasteiger partial charge in [-0.15, -0.1) is 46.4 Å². The smallest absolute Gasteiger partial charge is 0.357 e. The maximum absolute atomic E-state index is 12.7. The van der Waals surface area contributed by atoms with Gasteiger partial charge < -0.3 is 15.1 Å². The van der Waals surface area contributed by atoms with Crippen LogP contribution >= 0.6 is 81.2 Å². The number of hydrogen-bond acceptors (Lipinski definition) is 15. The lowest BCUT2D eigenvalue weighted by atomic mass is 9.67. The van der Waals surface area contributed by atoms with Gasteiger partial charge in [0.25, 0.3) is 0 Å². The number of rotatable bonds is 6. The average molecular weight is 1190 g/mol. The first-order valence-electron chi connectivity index (χ1n) is 23.5. The van der Waals surface area contributed by atoms with Crippen LogP contribution in [0.5, 0.6) is 0 Å². The summed E-state index contributed by atoms with van der Waals surface area (Å²) in [6.45, 7) is 2.89. The van der Waals surface area contributed by atoms with Crippen LogP contribution in [0, 0.1) is 16.2 Å². The second kappa shape index (κ2) is 21.7. The number of Topliss-reactive ketones (excluding diaryl/α,β-unsaturated/α-hetero) is 3. The standard InChI is InChI=1S/C16H17F3N4OS.C15H13ClF3N3OS.C8H3Cl2F3N2S.C8H12O.ClH/c1-20-14-21-12(23-3-2-15(8-23)5-9(24)6-15)11-4-10(7-16(17,18)19)25-13(11)22-14;16-13-20-11(22-2-1-14(7-22)4-8(23)5-14)10-3-9(6-15(17,18)19)24-12(10)21-13;9-5-4-1-3(2-8(11,12)13)16-6(4)15-7(10)14-5;9-7-5-8(6-7)3-1-2-4-8;/h4H,2-3,5-8H2,1H3,(H,20,21,22);3H,1-2,4-7H2;1H,2H2;1-6H2;1H. The molecule has 6 aromatic heterocycles. The Balaban J connectivity index is 0.000000139. The van der Waals surface area contributed by atoms with E-state index in [0.717, 1.165) is 79.3 Å². The second-order valence-corrected chi connectivity index (χ2v) is 24.5. The van der Waals surface area contributed by atoms with Crippen molar-refractivity contribution in [3.63, 3.8) is 0 Å². The van der Waals surface area contributed by atoms with Crippen molar-refractivity contribution in [3.8, 4) is 0 Å². The number of anilines is 3.